The molecule has 21 heavy (non-hydrogen) atoms. The fourth-order valence-corrected chi connectivity index (χ4v) is 3.10. The van der Waals surface area contributed by atoms with Crippen LogP contribution in [0.25, 0.3) is 0 Å². The number of carbonyl (C=O) groups is 1. The fourth-order valence-electron chi connectivity index (χ4n) is 3.10. The van der Waals surface area contributed by atoms with Crippen molar-refractivity contribution < 1.29 is 9.18 Å². The number of amides is 1. The third-order valence-corrected chi connectivity index (χ3v) is 4.34. The number of benzene rings is 1. The second kappa shape index (κ2) is 6.56. The predicted octanol–water partition coefficient (Wildman–Crippen LogP) is 3.47. The van der Waals surface area contributed by atoms with Gasteiger partial charge in [-0.3, -0.25) is 10.1 Å². The molecule has 1 fully saturated rings. The summed E-state index contributed by atoms with van der Waals surface area (Å²) in [6.45, 7) is 8.18. The fraction of sp³-hybridized carbons (Fsp3) is 0.588. The lowest BCUT2D eigenvalue weighted by Crippen LogP contribution is -2.40. The van der Waals surface area contributed by atoms with Crippen LogP contribution in [0.3, 0.4) is 0 Å². The van der Waals surface area contributed by atoms with Crippen LogP contribution in [0.15, 0.2) is 24.3 Å². The molecule has 0 radical (unpaired) electrons. The lowest BCUT2D eigenvalue weighted by molar-refractivity contribution is -0.133. The van der Waals surface area contributed by atoms with Crippen molar-refractivity contribution in [3.05, 3.63) is 35.6 Å². The van der Waals surface area contributed by atoms with E-state index < -0.39 is 0 Å². The van der Waals surface area contributed by atoms with Crippen LogP contribution < -0.4 is 5.32 Å². The van der Waals surface area contributed by atoms with Crippen LogP contribution in [0.1, 0.15) is 52.3 Å². The third-order valence-electron chi connectivity index (χ3n) is 4.34. The summed E-state index contributed by atoms with van der Waals surface area (Å²) in [5, 5.41) is 3.33. The standard InChI is InChI=1S/C17H25FN2O/c1-5-12(6-2)20-16(13-9-7-8-10-14(13)18)19-15(11(3)4)17(20)21/h7-12,15-16,19H,5-6H2,1-4H3. The zero-order chi connectivity index (χ0) is 15.6. The molecule has 0 aliphatic carbocycles. The number of halogens is 1. The van der Waals surface area contributed by atoms with Gasteiger partial charge < -0.3 is 4.90 Å². The van der Waals surface area contributed by atoms with E-state index in [1.807, 2.05) is 24.8 Å². The Balaban J connectivity index is 2.41. The summed E-state index contributed by atoms with van der Waals surface area (Å²) in [7, 11) is 0. The van der Waals surface area contributed by atoms with Crippen LogP contribution in [0.2, 0.25) is 0 Å². The highest BCUT2D eigenvalue weighted by Gasteiger charge is 2.44. The predicted molar refractivity (Wildman–Crippen MR) is 82.1 cm³/mol. The summed E-state index contributed by atoms with van der Waals surface area (Å²) < 4.78 is 14.2. The summed E-state index contributed by atoms with van der Waals surface area (Å²) in [6.07, 6.45) is 1.38. The molecule has 2 rings (SSSR count). The number of rotatable bonds is 5. The van der Waals surface area contributed by atoms with Gasteiger partial charge in [0, 0.05) is 11.6 Å². The van der Waals surface area contributed by atoms with E-state index in [4.69, 9.17) is 0 Å². The number of nitrogens with zero attached hydrogens (tertiary/aromatic N) is 1. The molecule has 1 aromatic carbocycles. The maximum Gasteiger partial charge on any atom is 0.241 e. The van der Waals surface area contributed by atoms with Gasteiger partial charge in [0.2, 0.25) is 5.91 Å². The first-order chi connectivity index (χ1) is 10.0. The minimum atomic E-state index is -0.365. The maximum absolute atomic E-state index is 14.2. The Labute approximate surface area is 126 Å². The molecule has 1 saturated heterocycles. The van der Waals surface area contributed by atoms with Gasteiger partial charge in [0.05, 0.1) is 6.04 Å². The van der Waals surface area contributed by atoms with Crippen molar-refractivity contribution >= 4 is 5.91 Å². The Hall–Kier alpha value is -1.42. The normalized spacial score (nSPS) is 22.6. The van der Waals surface area contributed by atoms with E-state index in [9.17, 15) is 9.18 Å². The largest absolute Gasteiger partial charge is 0.318 e. The number of carbonyl (C=O) groups excluding carboxylic acids is 1. The van der Waals surface area contributed by atoms with Gasteiger partial charge in [0.25, 0.3) is 0 Å². The van der Waals surface area contributed by atoms with Crippen LogP contribution in [0, 0.1) is 11.7 Å². The van der Waals surface area contributed by atoms with E-state index in [1.54, 1.807) is 12.1 Å². The molecule has 0 bridgehead atoms. The zero-order valence-electron chi connectivity index (χ0n) is 13.3. The van der Waals surface area contributed by atoms with E-state index in [2.05, 4.69) is 19.2 Å². The van der Waals surface area contributed by atoms with Gasteiger partial charge in [-0.15, -0.1) is 0 Å². The molecule has 0 spiro atoms. The van der Waals surface area contributed by atoms with Crippen LogP contribution in [0.5, 0.6) is 0 Å². The summed E-state index contributed by atoms with van der Waals surface area (Å²) in [4.78, 5) is 14.6. The van der Waals surface area contributed by atoms with Gasteiger partial charge in [-0.2, -0.15) is 0 Å². The average Bonchev–Trinajstić information content (AvgIpc) is 2.79. The number of hydrogen-bond donors (Lipinski definition) is 1. The van der Waals surface area contributed by atoms with Crippen molar-refractivity contribution in [2.24, 2.45) is 5.92 Å². The molecule has 1 aliphatic rings. The Morgan fingerprint density at radius 3 is 2.38 bits per heavy atom. The van der Waals surface area contributed by atoms with E-state index in [0.29, 0.717) is 5.56 Å². The van der Waals surface area contributed by atoms with E-state index in [0.717, 1.165) is 12.8 Å². The molecule has 1 aromatic rings. The van der Waals surface area contributed by atoms with Gasteiger partial charge in [-0.1, -0.05) is 45.9 Å². The molecule has 1 aliphatic heterocycles. The van der Waals surface area contributed by atoms with Crippen LogP contribution >= 0.6 is 0 Å². The molecule has 2 unspecified atom stereocenters. The molecule has 0 aromatic heterocycles. The van der Waals surface area contributed by atoms with Crippen molar-refractivity contribution in [3.8, 4) is 0 Å². The van der Waals surface area contributed by atoms with Crippen molar-refractivity contribution in [2.45, 2.75) is 58.8 Å². The second-order valence-corrected chi connectivity index (χ2v) is 6.03. The topological polar surface area (TPSA) is 32.3 Å². The Morgan fingerprint density at radius 1 is 1.24 bits per heavy atom. The summed E-state index contributed by atoms with van der Waals surface area (Å²) in [5.74, 6) is 0.0150. The Bertz CT molecular complexity index is 499. The number of hydrogen-bond acceptors (Lipinski definition) is 2. The van der Waals surface area contributed by atoms with Gasteiger partial charge in [-0.25, -0.2) is 4.39 Å². The molecule has 1 heterocycles. The molecule has 1 N–H and O–H groups in total. The highest BCUT2D eigenvalue weighted by atomic mass is 19.1. The molecule has 116 valence electrons. The highest BCUT2D eigenvalue weighted by Crippen LogP contribution is 2.32. The van der Waals surface area contributed by atoms with Gasteiger partial charge in [-0.05, 0) is 24.8 Å². The van der Waals surface area contributed by atoms with Crippen molar-refractivity contribution in [1.82, 2.24) is 10.2 Å². The maximum atomic E-state index is 14.2. The minimum Gasteiger partial charge on any atom is -0.318 e. The van der Waals surface area contributed by atoms with Crippen LogP contribution in [-0.2, 0) is 4.79 Å². The summed E-state index contributed by atoms with van der Waals surface area (Å²) >= 11 is 0. The molecule has 2 atom stereocenters. The molecule has 0 saturated carbocycles. The van der Waals surface area contributed by atoms with Gasteiger partial charge in [0.1, 0.15) is 12.0 Å². The number of nitrogens with one attached hydrogen (secondary N) is 1. The third kappa shape index (κ3) is 2.95. The summed E-state index contributed by atoms with van der Waals surface area (Å²) in [6, 6.07) is 6.61. The quantitative estimate of drug-likeness (QED) is 0.901. The molecule has 4 heteroatoms. The molecule has 1 amide bonds. The van der Waals surface area contributed by atoms with Crippen molar-refractivity contribution in [3.63, 3.8) is 0 Å². The average molecular weight is 292 g/mol. The lowest BCUT2D eigenvalue weighted by Gasteiger charge is -2.32. The first-order valence-corrected chi connectivity index (χ1v) is 7.83. The Kier molecular flexibility index (Phi) is 4.99. The molecular weight excluding hydrogens is 267 g/mol. The first kappa shape index (κ1) is 16.0. The van der Waals surface area contributed by atoms with E-state index >= 15 is 0 Å². The minimum absolute atomic E-state index is 0.0898. The van der Waals surface area contributed by atoms with E-state index in [-0.39, 0.29) is 35.9 Å². The lowest BCUT2D eigenvalue weighted by atomic mass is 10.0. The first-order valence-electron chi connectivity index (χ1n) is 7.83. The van der Waals surface area contributed by atoms with E-state index in [1.165, 1.54) is 6.07 Å². The summed E-state index contributed by atoms with van der Waals surface area (Å²) in [5.41, 5.74) is 0.556. The van der Waals surface area contributed by atoms with Crippen LogP contribution in [-0.4, -0.2) is 22.9 Å². The van der Waals surface area contributed by atoms with Crippen molar-refractivity contribution in [2.75, 3.05) is 0 Å². The molecular formula is C17H25FN2O. The SMILES string of the molecule is CCC(CC)N1C(=O)C(C(C)C)NC1c1ccccc1F. The van der Waals surface area contributed by atoms with Gasteiger partial charge >= 0.3 is 0 Å². The smallest absolute Gasteiger partial charge is 0.241 e. The van der Waals surface area contributed by atoms with Gasteiger partial charge in [0.15, 0.2) is 0 Å². The zero-order valence-corrected chi connectivity index (χ0v) is 13.3. The highest BCUT2D eigenvalue weighted by molar-refractivity contribution is 5.85. The molecule has 3 nitrogen and oxygen atoms in total. The monoisotopic (exact) mass is 292 g/mol. The van der Waals surface area contributed by atoms with Crippen molar-refractivity contribution in [1.29, 1.82) is 0 Å². The Morgan fingerprint density at radius 2 is 1.86 bits per heavy atom. The van der Waals surface area contributed by atoms with Crippen LogP contribution in [0.4, 0.5) is 4.39 Å². The second-order valence-electron chi connectivity index (χ2n) is 6.03.